The number of ketones is 2. The van der Waals surface area contributed by atoms with Crippen molar-refractivity contribution in [2.45, 2.75) is 0 Å². The second-order valence-corrected chi connectivity index (χ2v) is 5.75. The first kappa shape index (κ1) is 15.0. The molecule has 6 heteroatoms. The first-order valence-corrected chi connectivity index (χ1v) is 7.42. The largest absolute Gasteiger partial charge is 0.504 e. The summed E-state index contributed by atoms with van der Waals surface area (Å²) in [5.41, 5.74) is 0.686. The van der Waals surface area contributed by atoms with Gasteiger partial charge in [0.2, 0.25) is 5.75 Å². The zero-order chi connectivity index (χ0) is 17.9. The summed E-state index contributed by atoms with van der Waals surface area (Å²) in [6.07, 6.45) is 0. The van der Waals surface area contributed by atoms with Crippen molar-refractivity contribution in [1.29, 1.82) is 0 Å². The third-order valence-electron chi connectivity index (χ3n) is 4.41. The molecule has 6 nitrogen and oxygen atoms in total. The molecule has 3 aromatic carbocycles. The number of phenols is 3. The Morgan fingerprint density at radius 2 is 1.56 bits per heavy atom. The first-order valence-electron chi connectivity index (χ1n) is 7.42. The molecule has 0 unspecified atom stereocenters. The van der Waals surface area contributed by atoms with Crippen LogP contribution >= 0.6 is 0 Å². The number of carbonyl (C=O) groups excluding carboxylic acids is 2. The minimum absolute atomic E-state index is 0.124. The Morgan fingerprint density at radius 1 is 0.840 bits per heavy atom. The molecular weight excluding hydrogens is 324 g/mol. The van der Waals surface area contributed by atoms with E-state index in [4.69, 9.17) is 4.74 Å². The van der Waals surface area contributed by atoms with E-state index in [1.165, 1.54) is 25.3 Å². The Balaban J connectivity index is 2.07. The molecule has 3 N–H and O–H groups in total. The molecule has 0 saturated heterocycles. The molecule has 0 amide bonds. The second kappa shape index (κ2) is 4.98. The van der Waals surface area contributed by atoms with E-state index in [9.17, 15) is 24.9 Å². The number of fused-ring (bicyclic) bond motifs is 3. The van der Waals surface area contributed by atoms with Crippen molar-refractivity contribution >= 4 is 22.3 Å². The highest BCUT2D eigenvalue weighted by molar-refractivity contribution is 6.30. The van der Waals surface area contributed by atoms with Crippen LogP contribution in [0.3, 0.4) is 0 Å². The number of methoxy groups -OCH3 is 1. The van der Waals surface area contributed by atoms with Crippen molar-refractivity contribution in [3.63, 3.8) is 0 Å². The first-order chi connectivity index (χ1) is 11.9. The van der Waals surface area contributed by atoms with Gasteiger partial charge in [-0.25, -0.2) is 0 Å². The smallest absolute Gasteiger partial charge is 0.200 e. The van der Waals surface area contributed by atoms with Gasteiger partial charge in [0.05, 0.1) is 12.7 Å². The van der Waals surface area contributed by atoms with E-state index in [0.717, 1.165) is 0 Å². The Kier molecular flexibility index (Phi) is 2.99. The summed E-state index contributed by atoms with van der Waals surface area (Å²) in [5.74, 6) is -2.19. The molecule has 0 bridgehead atoms. The topological polar surface area (TPSA) is 104 Å². The third-order valence-corrected chi connectivity index (χ3v) is 4.41. The number of aromatic hydroxyl groups is 3. The summed E-state index contributed by atoms with van der Waals surface area (Å²) in [5, 5.41) is 29.9. The van der Waals surface area contributed by atoms with Gasteiger partial charge in [0, 0.05) is 22.1 Å². The van der Waals surface area contributed by atoms with Crippen LogP contribution in [0.25, 0.3) is 10.8 Å². The molecule has 4 rings (SSSR count). The van der Waals surface area contributed by atoms with Gasteiger partial charge in [0.1, 0.15) is 5.75 Å². The van der Waals surface area contributed by atoms with Gasteiger partial charge in [-0.3, -0.25) is 9.59 Å². The maximum absolute atomic E-state index is 12.9. The van der Waals surface area contributed by atoms with Crippen LogP contribution in [0.4, 0.5) is 0 Å². The molecule has 0 saturated carbocycles. The summed E-state index contributed by atoms with van der Waals surface area (Å²) in [6, 6.07) is 8.75. The average molecular weight is 336 g/mol. The van der Waals surface area contributed by atoms with Crippen LogP contribution in [0.2, 0.25) is 0 Å². The lowest BCUT2D eigenvalue weighted by molar-refractivity contribution is 0.0977. The number of ether oxygens (including phenoxy) is 1. The van der Waals surface area contributed by atoms with Gasteiger partial charge >= 0.3 is 0 Å². The van der Waals surface area contributed by atoms with Gasteiger partial charge in [0.15, 0.2) is 23.1 Å². The van der Waals surface area contributed by atoms with Crippen LogP contribution in [-0.4, -0.2) is 34.0 Å². The predicted molar refractivity (Wildman–Crippen MR) is 88.8 cm³/mol. The number of hydrogen-bond donors (Lipinski definition) is 3. The molecule has 0 spiro atoms. The molecule has 0 aromatic heterocycles. The Bertz CT molecular complexity index is 1100. The fourth-order valence-corrected chi connectivity index (χ4v) is 3.19. The Hall–Kier alpha value is -3.54. The maximum Gasteiger partial charge on any atom is 0.200 e. The summed E-state index contributed by atoms with van der Waals surface area (Å²) in [4.78, 5) is 25.7. The number of carbonyl (C=O) groups is 2. The lowest BCUT2D eigenvalue weighted by Gasteiger charge is -2.20. The van der Waals surface area contributed by atoms with E-state index in [2.05, 4.69) is 0 Å². The minimum atomic E-state index is -0.677. The number of phenolic OH excluding ortho intramolecular Hbond substituents is 3. The monoisotopic (exact) mass is 336 g/mol. The zero-order valence-corrected chi connectivity index (χ0v) is 13.0. The van der Waals surface area contributed by atoms with Crippen LogP contribution in [0, 0.1) is 0 Å². The van der Waals surface area contributed by atoms with E-state index >= 15 is 0 Å². The van der Waals surface area contributed by atoms with Gasteiger partial charge in [-0.2, -0.15) is 0 Å². The van der Waals surface area contributed by atoms with E-state index in [1.807, 2.05) is 0 Å². The van der Waals surface area contributed by atoms with Crippen molar-refractivity contribution in [3.05, 3.63) is 58.7 Å². The van der Waals surface area contributed by atoms with E-state index in [0.29, 0.717) is 11.1 Å². The molecule has 25 heavy (non-hydrogen) atoms. The highest BCUT2D eigenvalue weighted by Gasteiger charge is 2.33. The summed E-state index contributed by atoms with van der Waals surface area (Å²) in [6.45, 7) is 0. The van der Waals surface area contributed by atoms with Gasteiger partial charge in [0.25, 0.3) is 0 Å². The molecule has 124 valence electrons. The lowest BCUT2D eigenvalue weighted by Crippen LogP contribution is -2.21. The molecule has 0 radical (unpaired) electrons. The van der Waals surface area contributed by atoms with Gasteiger partial charge in [-0.1, -0.05) is 12.1 Å². The maximum atomic E-state index is 12.9. The van der Waals surface area contributed by atoms with Crippen molar-refractivity contribution in [3.8, 4) is 23.0 Å². The molecule has 0 atom stereocenters. The van der Waals surface area contributed by atoms with Gasteiger partial charge in [-0.15, -0.1) is 0 Å². The number of rotatable bonds is 1. The van der Waals surface area contributed by atoms with Crippen molar-refractivity contribution in [2.24, 2.45) is 0 Å². The summed E-state index contributed by atoms with van der Waals surface area (Å²) < 4.78 is 5.20. The van der Waals surface area contributed by atoms with Crippen LogP contribution < -0.4 is 4.74 Å². The predicted octanol–water partition coefficient (Wildman–Crippen LogP) is 2.74. The molecule has 1 aliphatic carbocycles. The molecular formula is C19H12O6. The standard InChI is InChI=1S/C19H12O6/c1-25-14-4-2-3-9-15(14)17(22)11-5-8-6-13(20)19(24)18(23)10(8)7-12(11)16(9)21/h2-7,20,23-24H,1H3. The molecule has 0 heterocycles. The van der Waals surface area contributed by atoms with Crippen LogP contribution in [0.15, 0.2) is 36.4 Å². The quantitative estimate of drug-likeness (QED) is 0.462. The fourth-order valence-electron chi connectivity index (χ4n) is 3.19. The normalized spacial score (nSPS) is 12.8. The third kappa shape index (κ3) is 1.91. The van der Waals surface area contributed by atoms with Gasteiger partial charge in [-0.05, 0) is 29.7 Å². The van der Waals surface area contributed by atoms with Crippen molar-refractivity contribution in [1.82, 2.24) is 0 Å². The zero-order valence-electron chi connectivity index (χ0n) is 13.0. The van der Waals surface area contributed by atoms with Crippen LogP contribution in [0.1, 0.15) is 31.8 Å². The number of benzene rings is 3. The van der Waals surface area contributed by atoms with Crippen LogP contribution in [-0.2, 0) is 0 Å². The van der Waals surface area contributed by atoms with Crippen molar-refractivity contribution in [2.75, 3.05) is 7.11 Å². The Morgan fingerprint density at radius 3 is 2.28 bits per heavy atom. The fraction of sp³-hybridized carbons (Fsp3) is 0.0526. The Labute approximate surface area is 141 Å². The van der Waals surface area contributed by atoms with E-state index in [1.54, 1.807) is 18.2 Å². The molecule has 0 aliphatic heterocycles. The second-order valence-electron chi connectivity index (χ2n) is 5.75. The highest BCUT2D eigenvalue weighted by Crippen LogP contribution is 2.43. The molecule has 1 aliphatic rings. The SMILES string of the molecule is COc1cccc2c1C(=O)c1cc3cc(O)c(O)c(O)c3cc1C2=O. The molecule has 0 fully saturated rings. The summed E-state index contributed by atoms with van der Waals surface area (Å²) >= 11 is 0. The van der Waals surface area contributed by atoms with Gasteiger partial charge < -0.3 is 20.1 Å². The van der Waals surface area contributed by atoms with E-state index < -0.39 is 17.2 Å². The van der Waals surface area contributed by atoms with Crippen molar-refractivity contribution < 1.29 is 29.6 Å². The highest BCUT2D eigenvalue weighted by atomic mass is 16.5. The summed E-state index contributed by atoms with van der Waals surface area (Å²) in [7, 11) is 1.42. The number of hydrogen-bond acceptors (Lipinski definition) is 6. The molecule has 3 aromatic rings. The average Bonchev–Trinajstić information content (AvgIpc) is 2.62. The minimum Gasteiger partial charge on any atom is -0.504 e. The lowest BCUT2D eigenvalue weighted by atomic mass is 9.82. The van der Waals surface area contributed by atoms with Crippen LogP contribution in [0.5, 0.6) is 23.0 Å². The van der Waals surface area contributed by atoms with E-state index in [-0.39, 0.29) is 39.2 Å².